The SMILES string of the molecule is Nc1ncc(F)c(N2CCC(OCCO)CC2)n1. The van der Waals surface area contributed by atoms with E-state index in [9.17, 15) is 4.39 Å². The van der Waals surface area contributed by atoms with Crippen LogP contribution < -0.4 is 10.6 Å². The van der Waals surface area contributed by atoms with Gasteiger partial charge in [0.1, 0.15) is 0 Å². The number of nitrogen functional groups attached to an aromatic ring is 1. The van der Waals surface area contributed by atoms with Crippen LogP contribution in [0, 0.1) is 5.82 Å². The maximum atomic E-state index is 13.6. The molecule has 7 heteroatoms. The highest BCUT2D eigenvalue weighted by molar-refractivity contribution is 5.42. The number of ether oxygens (including phenoxy) is 1. The van der Waals surface area contributed by atoms with Gasteiger partial charge >= 0.3 is 0 Å². The number of anilines is 2. The second-order valence-corrected chi connectivity index (χ2v) is 4.18. The Hall–Kier alpha value is -1.47. The number of nitrogens with zero attached hydrogens (tertiary/aromatic N) is 3. The smallest absolute Gasteiger partial charge is 0.222 e. The molecular formula is C11H17FN4O2. The molecule has 1 saturated heterocycles. The molecule has 3 N–H and O–H groups in total. The van der Waals surface area contributed by atoms with Gasteiger partial charge in [-0.2, -0.15) is 4.98 Å². The minimum absolute atomic E-state index is 0.0251. The second kappa shape index (κ2) is 5.92. The monoisotopic (exact) mass is 256 g/mol. The van der Waals surface area contributed by atoms with Crippen molar-refractivity contribution in [1.82, 2.24) is 9.97 Å². The molecule has 0 spiro atoms. The number of rotatable bonds is 4. The van der Waals surface area contributed by atoms with Gasteiger partial charge in [-0.1, -0.05) is 0 Å². The molecule has 1 aromatic heterocycles. The number of hydrogen-bond acceptors (Lipinski definition) is 6. The zero-order chi connectivity index (χ0) is 13.0. The summed E-state index contributed by atoms with van der Waals surface area (Å²) in [6.07, 6.45) is 2.77. The molecule has 0 unspecified atom stereocenters. The molecule has 0 amide bonds. The number of aromatic nitrogens is 2. The molecule has 2 rings (SSSR count). The van der Waals surface area contributed by atoms with Crippen LogP contribution in [0.25, 0.3) is 0 Å². The van der Waals surface area contributed by atoms with Crippen molar-refractivity contribution in [3.8, 4) is 0 Å². The van der Waals surface area contributed by atoms with Gasteiger partial charge in [0.25, 0.3) is 0 Å². The molecule has 6 nitrogen and oxygen atoms in total. The number of halogens is 1. The van der Waals surface area contributed by atoms with Gasteiger partial charge in [-0.05, 0) is 12.8 Å². The van der Waals surface area contributed by atoms with Crippen LogP contribution in [0.1, 0.15) is 12.8 Å². The molecule has 18 heavy (non-hydrogen) atoms. The van der Waals surface area contributed by atoms with Crippen molar-refractivity contribution >= 4 is 11.8 Å². The van der Waals surface area contributed by atoms with E-state index in [2.05, 4.69) is 9.97 Å². The summed E-state index contributed by atoms with van der Waals surface area (Å²) in [4.78, 5) is 9.36. The highest BCUT2D eigenvalue weighted by Gasteiger charge is 2.22. The number of hydrogen-bond donors (Lipinski definition) is 2. The van der Waals surface area contributed by atoms with Crippen molar-refractivity contribution in [3.05, 3.63) is 12.0 Å². The quantitative estimate of drug-likeness (QED) is 0.799. The van der Waals surface area contributed by atoms with Gasteiger partial charge < -0.3 is 20.5 Å². The van der Waals surface area contributed by atoms with Crippen LogP contribution in [0.15, 0.2) is 6.20 Å². The number of aliphatic hydroxyl groups is 1. The Labute approximate surface area is 105 Å². The Balaban J connectivity index is 1.94. The second-order valence-electron chi connectivity index (χ2n) is 4.18. The molecule has 0 saturated carbocycles. The van der Waals surface area contributed by atoms with Crippen molar-refractivity contribution in [2.75, 3.05) is 36.9 Å². The predicted octanol–water partition coefficient (Wildman–Crippen LogP) is 0.176. The maximum Gasteiger partial charge on any atom is 0.222 e. The number of piperidine rings is 1. The van der Waals surface area contributed by atoms with Gasteiger partial charge in [-0.25, -0.2) is 9.37 Å². The van der Waals surface area contributed by atoms with Gasteiger partial charge in [0.2, 0.25) is 5.95 Å². The summed E-state index contributed by atoms with van der Waals surface area (Å²) in [5.74, 6) is -0.132. The lowest BCUT2D eigenvalue weighted by Crippen LogP contribution is -2.38. The van der Waals surface area contributed by atoms with Crippen LogP contribution in [0.5, 0.6) is 0 Å². The first kappa shape index (κ1) is 13.0. The minimum Gasteiger partial charge on any atom is -0.394 e. The fourth-order valence-corrected chi connectivity index (χ4v) is 2.05. The van der Waals surface area contributed by atoms with Gasteiger partial charge in [-0.15, -0.1) is 0 Å². The van der Waals surface area contributed by atoms with E-state index in [1.807, 2.05) is 4.90 Å². The maximum absolute atomic E-state index is 13.6. The van der Waals surface area contributed by atoms with Crippen LogP contribution in [0.2, 0.25) is 0 Å². The summed E-state index contributed by atoms with van der Waals surface area (Å²) in [7, 11) is 0. The van der Waals surface area contributed by atoms with E-state index in [0.717, 1.165) is 19.0 Å². The van der Waals surface area contributed by atoms with Crippen LogP contribution in [0.3, 0.4) is 0 Å². The lowest BCUT2D eigenvalue weighted by molar-refractivity contribution is 0.0158. The molecule has 1 fully saturated rings. The van der Waals surface area contributed by atoms with Gasteiger partial charge in [-0.3, -0.25) is 0 Å². The molecule has 0 aromatic carbocycles. The standard InChI is InChI=1S/C11H17FN4O2/c12-9-7-14-11(13)15-10(9)16-3-1-8(2-4-16)18-6-5-17/h7-8,17H,1-6H2,(H2,13,14,15). The zero-order valence-corrected chi connectivity index (χ0v) is 10.0. The Morgan fingerprint density at radius 1 is 1.50 bits per heavy atom. The van der Waals surface area contributed by atoms with Crippen molar-refractivity contribution in [2.45, 2.75) is 18.9 Å². The first-order valence-electron chi connectivity index (χ1n) is 5.96. The highest BCUT2D eigenvalue weighted by atomic mass is 19.1. The zero-order valence-electron chi connectivity index (χ0n) is 10.0. The summed E-state index contributed by atoms with van der Waals surface area (Å²) >= 11 is 0. The summed E-state index contributed by atoms with van der Waals surface area (Å²) in [6, 6.07) is 0. The van der Waals surface area contributed by atoms with E-state index in [-0.39, 0.29) is 24.5 Å². The van der Waals surface area contributed by atoms with Crippen LogP contribution >= 0.6 is 0 Å². The van der Waals surface area contributed by atoms with E-state index in [1.54, 1.807) is 0 Å². The average molecular weight is 256 g/mol. The van der Waals surface area contributed by atoms with E-state index in [1.165, 1.54) is 0 Å². The number of nitrogens with two attached hydrogens (primary N) is 1. The Morgan fingerprint density at radius 3 is 2.89 bits per heavy atom. The van der Waals surface area contributed by atoms with Crippen molar-refractivity contribution in [1.29, 1.82) is 0 Å². The molecule has 2 heterocycles. The Kier molecular flexibility index (Phi) is 4.27. The fraction of sp³-hybridized carbons (Fsp3) is 0.636. The molecule has 0 bridgehead atoms. The summed E-state index contributed by atoms with van der Waals surface area (Å²) < 4.78 is 19.0. The first-order valence-corrected chi connectivity index (χ1v) is 5.96. The van der Waals surface area contributed by atoms with Crippen LogP contribution in [0.4, 0.5) is 16.2 Å². The minimum atomic E-state index is -0.459. The summed E-state index contributed by atoms with van der Waals surface area (Å²) in [6.45, 7) is 1.68. The molecule has 0 aliphatic carbocycles. The van der Waals surface area contributed by atoms with Gasteiger partial charge in [0.05, 0.1) is 25.5 Å². The predicted molar refractivity (Wildman–Crippen MR) is 64.7 cm³/mol. The molecule has 0 atom stereocenters. The van der Waals surface area contributed by atoms with E-state index in [4.69, 9.17) is 15.6 Å². The molecule has 1 aliphatic rings. The lowest BCUT2D eigenvalue weighted by atomic mass is 10.1. The Bertz CT molecular complexity index is 397. The van der Waals surface area contributed by atoms with E-state index >= 15 is 0 Å². The van der Waals surface area contributed by atoms with Crippen LogP contribution in [-0.4, -0.2) is 47.5 Å². The first-order chi connectivity index (χ1) is 8.70. The van der Waals surface area contributed by atoms with Crippen molar-refractivity contribution < 1.29 is 14.2 Å². The van der Waals surface area contributed by atoms with Crippen LogP contribution in [-0.2, 0) is 4.74 Å². The molecular weight excluding hydrogens is 239 g/mol. The molecule has 1 aliphatic heterocycles. The van der Waals surface area contributed by atoms with E-state index < -0.39 is 5.82 Å². The topological polar surface area (TPSA) is 84.5 Å². The fourth-order valence-electron chi connectivity index (χ4n) is 2.05. The third kappa shape index (κ3) is 3.05. The average Bonchev–Trinajstić information content (AvgIpc) is 2.40. The normalized spacial score (nSPS) is 17.1. The third-order valence-corrected chi connectivity index (χ3v) is 2.93. The number of aliphatic hydroxyl groups excluding tert-OH is 1. The van der Waals surface area contributed by atoms with Gasteiger partial charge in [0.15, 0.2) is 11.6 Å². The molecule has 100 valence electrons. The Morgan fingerprint density at radius 2 is 2.22 bits per heavy atom. The summed E-state index contributed by atoms with van der Waals surface area (Å²) in [5, 5.41) is 8.68. The molecule has 1 aromatic rings. The van der Waals surface area contributed by atoms with Gasteiger partial charge in [0, 0.05) is 13.1 Å². The highest BCUT2D eigenvalue weighted by Crippen LogP contribution is 2.22. The van der Waals surface area contributed by atoms with Crippen molar-refractivity contribution in [2.24, 2.45) is 0 Å². The van der Waals surface area contributed by atoms with Crippen molar-refractivity contribution in [3.63, 3.8) is 0 Å². The molecule has 0 radical (unpaired) electrons. The third-order valence-electron chi connectivity index (χ3n) is 2.93. The van der Waals surface area contributed by atoms with E-state index in [0.29, 0.717) is 19.7 Å². The largest absolute Gasteiger partial charge is 0.394 e. The lowest BCUT2D eigenvalue weighted by Gasteiger charge is -2.32. The summed E-state index contributed by atoms with van der Waals surface area (Å²) in [5.41, 5.74) is 5.46.